The second kappa shape index (κ2) is 7.97. The van der Waals surface area contributed by atoms with Crippen LogP contribution in [0.15, 0.2) is 30.3 Å². The molecule has 2 atom stereocenters. The molecule has 2 heterocycles. The fraction of sp³-hybridized carbons (Fsp3) is 0.579. The number of carbonyl (C=O) groups is 2. The van der Waals surface area contributed by atoms with Gasteiger partial charge in [-0.2, -0.15) is 0 Å². The number of benzene rings is 1. The van der Waals surface area contributed by atoms with Crippen molar-refractivity contribution >= 4 is 11.8 Å². The molecule has 0 saturated carbocycles. The van der Waals surface area contributed by atoms with E-state index in [1.807, 2.05) is 54.0 Å². The molecule has 2 aliphatic heterocycles. The van der Waals surface area contributed by atoms with E-state index in [0.29, 0.717) is 39.3 Å². The monoisotopic (exact) mass is 345 g/mol. The van der Waals surface area contributed by atoms with E-state index in [4.69, 9.17) is 4.74 Å². The Morgan fingerprint density at radius 2 is 1.84 bits per heavy atom. The number of morpholine rings is 1. The molecule has 6 nitrogen and oxygen atoms in total. The Bertz CT molecular complexity index is 599. The largest absolute Gasteiger partial charge is 0.378 e. The van der Waals surface area contributed by atoms with Crippen LogP contribution in [0.4, 0.5) is 0 Å². The van der Waals surface area contributed by atoms with Gasteiger partial charge in [0.15, 0.2) is 0 Å². The number of rotatable bonds is 5. The minimum Gasteiger partial charge on any atom is -0.378 e. The molecule has 0 radical (unpaired) electrons. The summed E-state index contributed by atoms with van der Waals surface area (Å²) in [6.07, 6.45) is 0.592. The summed E-state index contributed by atoms with van der Waals surface area (Å²) in [5.41, 5.74) is 1.08. The lowest BCUT2D eigenvalue weighted by Gasteiger charge is -2.50. The minimum absolute atomic E-state index is 0.00332. The highest BCUT2D eigenvalue weighted by Gasteiger charge is 2.48. The molecule has 25 heavy (non-hydrogen) atoms. The van der Waals surface area contributed by atoms with E-state index in [9.17, 15) is 9.59 Å². The van der Waals surface area contributed by atoms with Crippen LogP contribution in [0.3, 0.4) is 0 Å². The third-order valence-corrected chi connectivity index (χ3v) is 4.98. The average Bonchev–Trinajstić information content (AvgIpc) is 2.60. The molecule has 136 valence electrons. The Hall–Kier alpha value is -1.92. The first-order valence-corrected chi connectivity index (χ1v) is 9.03. The van der Waals surface area contributed by atoms with Gasteiger partial charge in [-0.3, -0.25) is 14.5 Å². The van der Waals surface area contributed by atoms with Gasteiger partial charge in [-0.1, -0.05) is 30.3 Å². The number of hydrogen-bond acceptors (Lipinski definition) is 4. The van der Waals surface area contributed by atoms with Gasteiger partial charge in [-0.25, -0.2) is 0 Å². The van der Waals surface area contributed by atoms with Crippen LogP contribution in [0, 0.1) is 0 Å². The standard InChI is InChI=1S/C19H27N3O3/c1-14(2)22-16(18(23)20-13-15-6-4-3-5-7-15)12-17(22)19(24)21-8-10-25-11-9-21/h3-7,14,16-17H,8-13H2,1-2H3,(H,20,23)/t16-,17+/m1/s1. The van der Waals surface area contributed by atoms with Gasteiger partial charge in [0.1, 0.15) is 0 Å². The number of nitrogens with one attached hydrogen (secondary N) is 1. The molecule has 1 N–H and O–H groups in total. The summed E-state index contributed by atoms with van der Waals surface area (Å²) < 4.78 is 5.32. The molecular formula is C19H27N3O3. The first-order valence-electron chi connectivity index (χ1n) is 9.03. The molecule has 2 aliphatic rings. The van der Waals surface area contributed by atoms with Gasteiger partial charge in [0.25, 0.3) is 0 Å². The highest BCUT2D eigenvalue weighted by molar-refractivity contribution is 5.89. The lowest BCUT2D eigenvalue weighted by Crippen LogP contribution is -2.69. The first-order chi connectivity index (χ1) is 12.1. The van der Waals surface area contributed by atoms with E-state index in [1.54, 1.807) is 0 Å². The van der Waals surface area contributed by atoms with Crippen LogP contribution in [0.25, 0.3) is 0 Å². The van der Waals surface area contributed by atoms with E-state index in [0.717, 1.165) is 5.56 Å². The number of carbonyl (C=O) groups excluding carboxylic acids is 2. The molecule has 0 bridgehead atoms. The molecule has 0 aliphatic carbocycles. The van der Waals surface area contributed by atoms with Crippen molar-refractivity contribution in [3.05, 3.63) is 35.9 Å². The smallest absolute Gasteiger partial charge is 0.240 e. The number of nitrogens with zero attached hydrogens (tertiary/aromatic N) is 2. The van der Waals surface area contributed by atoms with E-state index in [2.05, 4.69) is 5.32 Å². The number of likely N-dealkylation sites (tertiary alicyclic amines) is 1. The quantitative estimate of drug-likeness (QED) is 0.865. The van der Waals surface area contributed by atoms with Crippen molar-refractivity contribution in [1.82, 2.24) is 15.1 Å². The molecule has 2 saturated heterocycles. The molecule has 0 aromatic heterocycles. The van der Waals surface area contributed by atoms with Crippen molar-refractivity contribution in [2.24, 2.45) is 0 Å². The maximum Gasteiger partial charge on any atom is 0.240 e. The van der Waals surface area contributed by atoms with Crippen molar-refractivity contribution in [1.29, 1.82) is 0 Å². The Kier molecular flexibility index (Phi) is 5.71. The van der Waals surface area contributed by atoms with Crippen molar-refractivity contribution in [2.45, 2.75) is 44.9 Å². The van der Waals surface area contributed by atoms with Crippen LogP contribution in [0.1, 0.15) is 25.8 Å². The average molecular weight is 345 g/mol. The van der Waals surface area contributed by atoms with Crippen molar-refractivity contribution in [3.8, 4) is 0 Å². The van der Waals surface area contributed by atoms with Crippen LogP contribution < -0.4 is 5.32 Å². The van der Waals surface area contributed by atoms with Crippen molar-refractivity contribution in [2.75, 3.05) is 26.3 Å². The molecule has 0 spiro atoms. The van der Waals surface area contributed by atoms with E-state index >= 15 is 0 Å². The predicted molar refractivity (Wildman–Crippen MR) is 94.9 cm³/mol. The Balaban J connectivity index is 1.57. The minimum atomic E-state index is -0.223. The van der Waals surface area contributed by atoms with E-state index in [1.165, 1.54) is 0 Å². The summed E-state index contributed by atoms with van der Waals surface area (Å²) in [5.74, 6) is 0.132. The zero-order chi connectivity index (χ0) is 17.8. The Morgan fingerprint density at radius 1 is 1.16 bits per heavy atom. The second-order valence-corrected chi connectivity index (χ2v) is 6.95. The van der Waals surface area contributed by atoms with Crippen LogP contribution in [0.2, 0.25) is 0 Å². The second-order valence-electron chi connectivity index (χ2n) is 6.95. The predicted octanol–water partition coefficient (Wildman–Crippen LogP) is 1.01. The zero-order valence-corrected chi connectivity index (χ0v) is 15.0. The van der Waals surface area contributed by atoms with E-state index in [-0.39, 0.29) is 29.9 Å². The van der Waals surface area contributed by atoms with Gasteiger partial charge in [0, 0.05) is 25.7 Å². The number of ether oxygens (including phenoxy) is 1. The highest BCUT2D eigenvalue weighted by atomic mass is 16.5. The molecule has 6 heteroatoms. The van der Waals surface area contributed by atoms with Crippen LogP contribution in [-0.4, -0.2) is 66.0 Å². The third kappa shape index (κ3) is 4.02. The SMILES string of the molecule is CC(C)N1[C@@H](C(=O)NCc2ccccc2)C[C@H]1C(=O)N1CCOCC1. The summed E-state index contributed by atoms with van der Waals surface area (Å²) in [6.45, 7) is 7.08. The summed E-state index contributed by atoms with van der Waals surface area (Å²) in [7, 11) is 0. The molecule has 1 aromatic carbocycles. The van der Waals surface area contributed by atoms with Gasteiger partial charge >= 0.3 is 0 Å². The molecule has 3 rings (SSSR count). The van der Waals surface area contributed by atoms with Gasteiger partial charge in [0.05, 0.1) is 25.3 Å². The fourth-order valence-electron chi connectivity index (χ4n) is 3.62. The molecule has 2 fully saturated rings. The summed E-state index contributed by atoms with van der Waals surface area (Å²) in [5, 5.41) is 3.00. The third-order valence-electron chi connectivity index (χ3n) is 4.98. The van der Waals surface area contributed by atoms with Gasteiger partial charge in [0.2, 0.25) is 11.8 Å². The number of amides is 2. The van der Waals surface area contributed by atoms with Crippen LogP contribution in [-0.2, 0) is 20.9 Å². The molecule has 2 amide bonds. The number of hydrogen-bond donors (Lipinski definition) is 1. The Labute approximate surface area is 149 Å². The summed E-state index contributed by atoms with van der Waals surface area (Å²) in [6, 6.07) is 9.60. The normalized spacial score (nSPS) is 24.0. The molecule has 1 aromatic rings. The molecular weight excluding hydrogens is 318 g/mol. The fourth-order valence-corrected chi connectivity index (χ4v) is 3.62. The van der Waals surface area contributed by atoms with Crippen LogP contribution in [0.5, 0.6) is 0 Å². The Morgan fingerprint density at radius 3 is 2.48 bits per heavy atom. The van der Waals surface area contributed by atoms with Gasteiger partial charge in [-0.05, 0) is 25.8 Å². The first kappa shape index (κ1) is 17.9. The highest BCUT2D eigenvalue weighted by Crippen LogP contribution is 2.30. The van der Waals surface area contributed by atoms with Gasteiger partial charge in [-0.15, -0.1) is 0 Å². The topological polar surface area (TPSA) is 61.9 Å². The zero-order valence-electron chi connectivity index (χ0n) is 15.0. The lowest BCUT2D eigenvalue weighted by atomic mass is 9.88. The summed E-state index contributed by atoms with van der Waals surface area (Å²) >= 11 is 0. The van der Waals surface area contributed by atoms with Crippen LogP contribution >= 0.6 is 0 Å². The maximum atomic E-state index is 12.7. The van der Waals surface area contributed by atoms with Gasteiger partial charge < -0.3 is 15.0 Å². The van der Waals surface area contributed by atoms with Crippen molar-refractivity contribution in [3.63, 3.8) is 0 Å². The lowest BCUT2D eigenvalue weighted by molar-refractivity contribution is -0.157. The maximum absolute atomic E-state index is 12.7. The molecule has 0 unspecified atom stereocenters. The van der Waals surface area contributed by atoms with Crippen molar-refractivity contribution < 1.29 is 14.3 Å². The summed E-state index contributed by atoms with van der Waals surface area (Å²) in [4.78, 5) is 29.2. The van der Waals surface area contributed by atoms with E-state index < -0.39 is 0 Å².